The lowest BCUT2D eigenvalue weighted by atomic mass is 9.69. The van der Waals surface area contributed by atoms with Crippen molar-refractivity contribution >= 4 is 11.9 Å². The molecule has 1 rings (SSSR count). The van der Waals surface area contributed by atoms with Gasteiger partial charge in [-0.1, -0.05) is 68.2 Å². The third kappa shape index (κ3) is 6.59. The van der Waals surface area contributed by atoms with Crippen molar-refractivity contribution in [2.45, 2.75) is 87.5 Å². The zero-order valence-corrected chi connectivity index (χ0v) is 18.2. The third-order valence-electron chi connectivity index (χ3n) is 4.78. The van der Waals surface area contributed by atoms with E-state index in [2.05, 4.69) is 13.8 Å². The minimum Gasteiger partial charge on any atom is -0.464 e. The van der Waals surface area contributed by atoms with Crippen LogP contribution in [0, 0.1) is 28.1 Å². The van der Waals surface area contributed by atoms with Crippen LogP contribution in [0.2, 0.25) is 0 Å². The van der Waals surface area contributed by atoms with Gasteiger partial charge in [0.25, 0.3) is 0 Å². The van der Waals surface area contributed by atoms with Crippen LogP contribution in [0.4, 0.5) is 0 Å². The number of carbonyl (C=O) groups excluding carboxylic acids is 2. The van der Waals surface area contributed by atoms with Crippen molar-refractivity contribution in [1.29, 1.82) is 0 Å². The van der Waals surface area contributed by atoms with E-state index < -0.39 is 5.41 Å². The molecule has 0 bridgehead atoms. The Balaban J connectivity index is 3.17. The van der Waals surface area contributed by atoms with Crippen LogP contribution in [0.1, 0.15) is 87.5 Å². The van der Waals surface area contributed by atoms with Gasteiger partial charge in [0.15, 0.2) is 5.41 Å². The Morgan fingerprint density at radius 2 is 1.23 bits per heavy atom. The summed E-state index contributed by atoms with van der Waals surface area (Å²) in [6.07, 6.45) is 4.39. The minimum atomic E-state index is -1.17. The monoisotopic (exact) mass is 368 g/mol. The van der Waals surface area contributed by atoms with Crippen LogP contribution >= 0.6 is 0 Å². The minimum absolute atomic E-state index is 0.0184. The summed E-state index contributed by atoms with van der Waals surface area (Å²) in [5.41, 5.74) is -1.43. The highest BCUT2D eigenvalue weighted by Gasteiger charge is 2.55. The molecule has 0 aromatic rings. The van der Waals surface area contributed by atoms with E-state index in [1.54, 1.807) is 0 Å². The zero-order chi connectivity index (χ0) is 20.2. The molecule has 152 valence electrons. The fourth-order valence-electron chi connectivity index (χ4n) is 3.63. The summed E-state index contributed by atoms with van der Waals surface area (Å²) in [6.45, 7) is 16.9. The summed E-state index contributed by atoms with van der Waals surface area (Å²) < 4.78 is 11.4. The Labute approximate surface area is 160 Å². The molecular formula is C22H40O4. The molecule has 26 heavy (non-hydrogen) atoms. The topological polar surface area (TPSA) is 52.6 Å². The molecule has 0 aromatic carbocycles. The quantitative estimate of drug-likeness (QED) is 0.447. The molecule has 0 spiro atoms. The summed E-state index contributed by atoms with van der Waals surface area (Å²) in [5.74, 6) is -0.538. The maximum atomic E-state index is 13.3. The largest absolute Gasteiger partial charge is 0.464 e. The molecule has 0 saturated heterocycles. The third-order valence-corrected chi connectivity index (χ3v) is 4.78. The predicted molar refractivity (Wildman–Crippen MR) is 105 cm³/mol. The van der Waals surface area contributed by atoms with Crippen LogP contribution in [0.5, 0.6) is 0 Å². The fraction of sp³-hybridized carbons (Fsp3) is 0.909. The van der Waals surface area contributed by atoms with Crippen molar-refractivity contribution in [3.05, 3.63) is 0 Å². The average molecular weight is 369 g/mol. The Kier molecular flexibility index (Phi) is 7.74. The van der Waals surface area contributed by atoms with Crippen molar-refractivity contribution in [2.75, 3.05) is 13.2 Å². The average Bonchev–Trinajstić information content (AvgIpc) is 3.00. The normalized spacial score (nSPS) is 16.8. The van der Waals surface area contributed by atoms with Gasteiger partial charge in [-0.15, -0.1) is 0 Å². The van der Waals surface area contributed by atoms with E-state index in [-0.39, 0.29) is 34.6 Å². The number of ether oxygens (including phenoxy) is 2. The van der Waals surface area contributed by atoms with Gasteiger partial charge in [0, 0.05) is 0 Å². The van der Waals surface area contributed by atoms with E-state index in [0.29, 0.717) is 19.6 Å². The van der Waals surface area contributed by atoms with E-state index in [4.69, 9.17) is 9.47 Å². The molecule has 0 radical (unpaired) electrons. The van der Waals surface area contributed by atoms with Gasteiger partial charge in [-0.25, -0.2) is 0 Å². The molecule has 1 fully saturated rings. The predicted octanol–water partition coefficient (Wildman–Crippen LogP) is 5.39. The van der Waals surface area contributed by atoms with Crippen molar-refractivity contribution in [3.8, 4) is 0 Å². The van der Waals surface area contributed by atoms with Gasteiger partial charge in [-0.05, 0) is 41.9 Å². The van der Waals surface area contributed by atoms with Crippen LogP contribution < -0.4 is 0 Å². The first-order valence-electron chi connectivity index (χ1n) is 10.1. The van der Waals surface area contributed by atoms with E-state index in [0.717, 1.165) is 25.7 Å². The van der Waals surface area contributed by atoms with E-state index in [9.17, 15) is 9.59 Å². The Bertz CT molecular complexity index is 443. The highest BCUT2D eigenvalue weighted by atomic mass is 16.6. The second-order valence-corrected chi connectivity index (χ2v) is 10.8. The fourth-order valence-corrected chi connectivity index (χ4v) is 3.63. The molecule has 1 aliphatic rings. The van der Waals surface area contributed by atoms with Gasteiger partial charge < -0.3 is 9.47 Å². The molecule has 4 nitrogen and oxygen atoms in total. The number of rotatable bonds is 7. The standard InChI is InChI=1S/C22H40O4/c1-16(2)13-22(17-11-9-10-12-17,18(23)25-14-20(3,4)5)19(24)26-15-21(6,7)8/h16-17H,9-15H2,1-8H3. The highest BCUT2D eigenvalue weighted by Crippen LogP contribution is 2.46. The van der Waals surface area contributed by atoms with Gasteiger partial charge in [-0.3, -0.25) is 9.59 Å². The lowest BCUT2D eigenvalue weighted by Crippen LogP contribution is -2.49. The van der Waals surface area contributed by atoms with Gasteiger partial charge in [0.1, 0.15) is 0 Å². The molecule has 1 saturated carbocycles. The molecule has 1 aliphatic carbocycles. The molecule has 0 amide bonds. The van der Waals surface area contributed by atoms with E-state index in [1.165, 1.54) is 0 Å². The van der Waals surface area contributed by atoms with Crippen LogP contribution in [0.3, 0.4) is 0 Å². The van der Waals surface area contributed by atoms with Gasteiger partial charge in [0.05, 0.1) is 13.2 Å². The van der Waals surface area contributed by atoms with Crippen molar-refractivity contribution in [3.63, 3.8) is 0 Å². The van der Waals surface area contributed by atoms with Crippen molar-refractivity contribution in [2.24, 2.45) is 28.1 Å². The summed E-state index contributed by atoms with van der Waals surface area (Å²) >= 11 is 0. The molecule has 4 heteroatoms. The van der Waals surface area contributed by atoms with Crippen LogP contribution in [0.25, 0.3) is 0 Å². The first-order chi connectivity index (χ1) is 11.8. The Morgan fingerprint density at radius 1 is 0.846 bits per heavy atom. The van der Waals surface area contributed by atoms with Gasteiger partial charge >= 0.3 is 11.9 Å². The number of carbonyl (C=O) groups is 2. The Morgan fingerprint density at radius 3 is 1.54 bits per heavy atom. The van der Waals surface area contributed by atoms with E-state index >= 15 is 0 Å². The van der Waals surface area contributed by atoms with Crippen LogP contribution in [0.15, 0.2) is 0 Å². The van der Waals surface area contributed by atoms with E-state index in [1.807, 2.05) is 41.5 Å². The van der Waals surface area contributed by atoms with Crippen molar-refractivity contribution in [1.82, 2.24) is 0 Å². The zero-order valence-electron chi connectivity index (χ0n) is 18.2. The highest BCUT2D eigenvalue weighted by molar-refractivity contribution is 6.00. The second kappa shape index (κ2) is 8.75. The molecule has 0 unspecified atom stereocenters. The summed E-state index contributed by atoms with van der Waals surface area (Å²) in [7, 11) is 0. The second-order valence-electron chi connectivity index (χ2n) is 10.8. The lowest BCUT2D eigenvalue weighted by molar-refractivity contribution is -0.182. The molecule has 0 aromatic heterocycles. The van der Waals surface area contributed by atoms with Crippen LogP contribution in [-0.4, -0.2) is 25.2 Å². The molecule has 0 heterocycles. The number of hydrogen-bond acceptors (Lipinski definition) is 4. The molecular weight excluding hydrogens is 328 g/mol. The van der Waals surface area contributed by atoms with Crippen LogP contribution in [-0.2, 0) is 19.1 Å². The Hall–Kier alpha value is -1.06. The summed E-state index contributed by atoms with van der Waals surface area (Å²) in [4.78, 5) is 26.6. The molecule has 0 N–H and O–H groups in total. The van der Waals surface area contributed by atoms with Crippen molar-refractivity contribution < 1.29 is 19.1 Å². The summed E-state index contributed by atoms with van der Waals surface area (Å²) in [6, 6.07) is 0. The van der Waals surface area contributed by atoms with Gasteiger partial charge in [-0.2, -0.15) is 0 Å². The number of hydrogen-bond donors (Lipinski definition) is 0. The maximum Gasteiger partial charge on any atom is 0.323 e. The number of esters is 2. The first-order valence-corrected chi connectivity index (χ1v) is 10.1. The lowest BCUT2D eigenvalue weighted by Gasteiger charge is -2.37. The molecule has 0 aliphatic heterocycles. The molecule has 0 atom stereocenters. The SMILES string of the molecule is CC(C)CC(C(=O)OCC(C)(C)C)(C(=O)OCC(C)(C)C)C1CCCC1. The first kappa shape index (κ1) is 23.0. The van der Waals surface area contributed by atoms with Gasteiger partial charge in [0.2, 0.25) is 0 Å². The smallest absolute Gasteiger partial charge is 0.323 e. The maximum absolute atomic E-state index is 13.3. The summed E-state index contributed by atoms with van der Waals surface area (Å²) in [5, 5.41) is 0.